The molecular weight excluding hydrogens is 388 g/mol. The first kappa shape index (κ1) is 18.9. The van der Waals surface area contributed by atoms with Crippen molar-refractivity contribution >= 4 is 17.2 Å². The minimum atomic E-state index is -0.270. The van der Waals surface area contributed by atoms with Crippen LogP contribution in [0, 0.1) is 0 Å². The highest BCUT2D eigenvalue weighted by Crippen LogP contribution is 2.33. The summed E-state index contributed by atoms with van der Waals surface area (Å²) in [4.78, 5) is 19.3. The highest BCUT2D eigenvalue weighted by atomic mass is 16.5. The number of hydrogen-bond acceptors (Lipinski definition) is 4. The molecule has 1 aliphatic rings. The van der Waals surface area contributed by atoms with Gasteiger partial charge in [0.05, 0.1) is 11.3 Å². The normalized spacial score (nSPS) is 15.4. The maximum Gasteiger partial charge on any atom is 0.258 e. The van der Waals surface area contributed by atoms with Crippen molar-refractivity contribution in [1.29, 1.82) is 0 Å². The van der Waals surface area contributed by atoms with E-state index in [0.717, 1.165) is 28.3 Å². The smallest absolute Gasteiger partial charge is 0.258 e. The predicted octanol–water partition coefficient (Wildman–Crippen LogP) is 4.67. The minimum absolute atomic E-state index is 0.00794. The van der Waals surface area contributed by atoms with E-state index in [0.29, 0.717) is 18.7 Å². The molecule has 4 aromatic rings. The van der Waals surface area contributed by atoms with E-state index < -0.39 is 0 Å². The lowest BCUT2D eigenvalue weighted by molar-refractivity contribution is 0.0707. The molecule has 5 rings (SSSR count). The van der Waals surface area contributed by atoms with Crippen LogP contribution in [-0.2, 0) is 6.61 Å². The van der Waals surface area contributed by atoms with Crippen LogP contribution < -0.4 is 10.1 Å². The van der Waals surface area contributed by atoms with Crippen LogP contribution in [0.5, 0.6) is 5.75 Å². The number of carbonyl (C=O) groups is 1. The van der Waals surface area contributed by atoms with E-state index in [2.05, 4.69) is 16.9 Å². The van der Waals surface area contributed by atoms with Crippen LogP contribution in [0.2, 0.25) is 0 Å². The largest absolute Gasteiger partial charge is 0.487 e. The number of nitrogens with one attached hydrogen (secondary N) is 1. The Kier molecular flexibility index (Phi) is 4.88. The fraction of sp³-hybridized carbons (Fsp3) is 0.120. The number of nitrogens with zero attached hydrogens (tertiary/aromatic N) is 3. The van der Waals surface area contributed by atoms with Crippen molar-refractivity contribution in [2.75, 3.05) is 11.9 Å². The molecular formula is C25H22N4O2. The second-order valence-electron chi connectivity index (χ2n) is 7.39. The number of rotatable bonds is 6. The lowest BCUT2D eigenvalue weighted by atomic mass is 10.0. The van der Waals surface area contributed by atoms with Crippen molar-refractivity contribution in [3.8, 4) is 5.75 Å². The third-order valence-electron chi connectivity index (χ3n) is 5.34. The van der Waals surface area contributed by atoms with E-state index in [9.17, 15) is 4.79 Å². The van der Waals surface area contributed by atoms with Gasteiger partial charge in [0.2, 0.25) is 0 Å². The zero-order chi connectivity index (χ0) is 21.2. The lowest BCUT2D eigenvalue weighted by Crippen LogP contribution is -2.42. The molecule has 0 unspecified atom stereocenters. The van der Waals surface area contributed by atoms with Crippen LogP contribution in [0.3, 0.4) is 0 Å². The maximum atomic E-state index is 13.0. The van der Waals surface area contributed by atoms with E-state index in [1.807, 2.05) is 83.5 Å². The average Bonchev–Trinajstić information content (AvgIpc) is 3.23. The summed E-state index contributed by atoms with van der Waals surface area (Å²) < 4.78 is 7.89. The first-order valence-corrected chi connectivity index (χ1v) is 10.2. The fourth-order valence-electron chi connectivity index (χ4n) is 3.84. The van der Waals surface area contributed by atoms with Crippen LogP contribution in [0.1, 0.15) is 27.8 Å². The van der Waals surface area contributed by atoms with E-state index in [-0.39, 0.29) is 12.1 Å². The van der Waals surface area contributed by atoms with E-state index in [1.165, 1.54) is 0 Å². The second-order valence-corrected chi connectivity index (χ2v) is 7.39. The first-order valence-electron chi connectivity index (χ1n) is 10.2. The molecule has 0 saturated carbocycles. The van der Waals surface area contributed by atoms with Gasteiger partial charge in [-0.15, -0.1) is 6.58 Å². The standard InChI is InChI=1S/C25H22N4O2/c1-2-14-29-24(27-22-8-4-3-7-21(22)25(29)30)18-10-12-20(13-11-18)31-17-19-16-28-15-6-5-9-23(28)26-19/h2-13,15-16,24,27H,1,14,17H2/t24-/m1/s1. The molecule has 2 aromatic carbocycles. The van der Waals surface area contributed by atoms with Crippen molar-refractivity contribution in [1.82, 2.24) is 14.3 Å². The predicted molar refractivity (Wildman–Crippen MR) is 120 cm³/mol. The zero-order valence-electron chi connectivity index (χ0n) is 16.9. The number of aromatic nitrogens is 2. The van der Waals surface area contributed by atoms with E-state index in [1.54, 1.807) is 11.0 Å². The molecule has 1 amide bonds. The minimum Gasteiger partial charge on any atom is -0.487 e. The van der Waals surface area contributed by atoms with Gasteiger partial charge in [-0.1, -0.05) is 36.4 Å². The van der Waals surface area contributed by atoms with Gasteiger partial charge in [-0.25, -0.2) is 4.98 Å². The molecule has 6 nitrogen and oxygen atoms in total. The summed E-state index contributed by atoms with van der Waals surface area (Å²) in [6.07, 6.45) is 5.40. The van der Waals surface area contributed by atoms with Gasteiger partial charge >= 0.3 is 0 Å². The Balaban J connectivity index is 1.33. The summed E-state index contributed by atoms with van der Waals surface area (Å²) in [5.74, 6) is 0.741. The van der Waals surface area contributed by atoms with E-state index >= 15 is 0 Å². The number of ether oxygens (including phenoxy) is 1. The number of anilines is 1. The molecule has 0 bridgehead atoms. The highest BCUT2D eigenvalue weighted by molar-refractivity contribution is 6.01. The Bertz CT molecular complexity index is 1210. The summed E-state index contributed by atoms with van der Waals surface area (Å²) in [5.41, 5.74) is 4.25. The van der Waals surface area contributed by atoms with Crippen LogP contribution >= 0.6 is 0 Å². The van der Waals surface area contributed by atoms with Crippen molar-refractivity contribution in [3.05, 3.63) is 109 Å². The molecule has 0 radical (unpaired) electrons. The second kappa shape index (κ2) is 7.99. The molecule has 154 valence electrons. The average molecular weight is 410 g/mol. The van der Waals surface area contributed by atoms with Crippen LogP contribution in [0.4, 0.5) is 5.69 Å². The van der Waals surface area contributed by atoms with Gasteiger partial charge in [-0.3, -0.25) is 4.79 Å². The van der Waals surface area contributed by atoms with Crippen molar-refractivity contribution in [3.63, 3.8) is 0 Å². The van der Waals surface area contributed by atoms with Gasteiger partial charge in [0.15, 0.2) is 0 Å². The number of carbonyl (C=O) groups excluding carboxylic acids is 1. The third kappa shape index (κ3) is 3.64. The maximum absolute atomic E-state index is 13.0. The van der Waals surface area contributed by atoms with Gasteiger partial charge in [0.25, 0.3) is 5.91 Å². The van der Waals surface area contributed by atoms with Gasteiger partial charge in [-0.05, 0) is 42.0 Å². The molecule has 6 heteroatoms. The number of pyridine rings is 1. The molecule has 1 atom stereocenters. The Morgan fingerprint density at radius 2 is 1.87 bits per heavy atom. The Morgan fingerprint density at radius 3 is 2.68 bits per heavy atom. The number of imidazole rings is 1. The van der Waals surface area contributed by atoms with Crippen LogP contribution in [0.25, 0.3) is 5.65 Å². The lowest BCUT2D eigenvalue weighted by Gasteiger charge is -2.37. The highest BCUT2D eigenvalue weighted by Gasteiger charge is 2.31. The SMILES string of the molecule is C=CCN1C(=O)c2ccccc2N[C@H]1c1ccc(OCc2cn3ccccc3n2)cc1. The van der Waals surface area contributed by atoms with Crippen molar-refractivity contribution < 1.29 is 9.53 Å². The third-order valence-corrected chi connectivity index (χ3v) is 5.34. The number of amides is 1. The van der Waals surface area contributed by atoms with Gasteiger partial charge in [-0.2, -0.15) is 0 Å². The number of para-hydroxylation sites is 1. The summed E-state index contributed by atoms with van der Waals surface area (Å²) in [5, 5.41) is 3.47. The summed E-state index contributed by atoms with van der Waals surface area (Å²) in [6, 6.07) is 21.3. The van der Waals surface area contributed by atoms with Crippen molar-refractivity contribution in [2.45, 2.75) is 12.8 Å². The monoisotopic (exact) mass is 410 g/mol. The molecule has 0 spiro atoms. The number of benzene rings is 2. The first-order chi connectivity index (χ1) is 15.2. The Hall–Kier alpha value is -4.06. The van der Waals surface area contributed by atoms with Crippen molar-refractivity contribution in [2.24, 2.45) is 0 Å². The summed E-state index contributed by atoms with van der Waals surface area (Å²) >= 11 is 0. The van der Waals surface area contributed by atoms with E-state index in [4.69, 9.17) is 4.74 Å². The molecule has 1 aliphatic heterocycles. The van der Waals surface area contributed by atoms with Crippen LogP contribution in [0.15, 0.2) is 91.8 Å². The topological polar surface area (TPSA) is 58.9 Å². The molecule has 3 heterocycles. The van der Waals surface area contributed by atoms with Gasteiger partial charge in [0, 0.05) is 24.6 Å². The Labute approximate surface area is 180 Å². The van der Waals surface area contributed by atoms with Crippen LogP contribution in [-0.4, -0.2) is 26.7 Å². The molecule has 1 N–H and O–H groups in total. The fourth-order valence-corrected chi connectivity index (χ4v) is 3.84. The summed E-state index contributed by atoms with van der Waals surface area (Å²) in [6.45, 7) is 4.65. The zero-order valence-corrected chi connectivity index (χ0v) is 16.9. The summed E-state index contributed by atoms with van der Waals surface area (Å²) in [7, 11) is 0. The molecule has 0 aliphatic carbocycles. The number of fused-ring (bicyclic) bond motifs is 2. The number of hydrogen-bond donors (Lipinski definition) is 1. The molecule has 31 heavy (non-hydrogen) atoms. The Morgan fingerprint density at radius 1 is 1.06 bits per heavy atom. The molecule has 2 aromatic heterocycles. The molecule has 0 saturated heterocycles. The van der Waals surface area contributed by atoms with Gasteiger partial charge in [0.1, 0.15) is 24.2 Å². The molecule has 0 fully saturated rings. The quantitative estimate of drug-likeness (QED) is 0.470. The van der Waals surface area contributed by atoms with Gasteiger partial charge < -0.3 is 19.4 Å².